The van der Waals surface area contributed by atoms with Gasteiger partial charge in [0, 0.05) is 24.2 Å². The first-order valence-electron chi connectivity index (χ1n) is 11.3. The SMILES string of the molecule is CCc1ccc(-c2cc(C(=O)Nc3cccnc3C3CCCCNC3)ccc2C)cc1. The fraction of sp³-hybridized carbons (Fsp3) is 0.333. The first-order valence-corrected chi connectivity index (χ1v) is 11.3. The number of benzene rings is 2. The van der Waals surface area contributed by atoms with E-state index < -0.39 is 0 Å². The lowest BCUT2D eigenvalue weighted by Crippen LogP contribution is -2.22. The van der Waals surface area contributed by atoms with E-state index in [1.165, 1.54) is 18.4 Å². The molecule has 0 aliphatic carbocycles. The fourth-order valence-corrected chi connectivity index (χ4v) is 4.29. The third-order valence-electron chi connectivity index (χ3n) is 6.19. The Morgan fingerprint density at radius 1 is 1.13 bits per heavy atom. The molecule has 4 rings (SSSR count). The highest BCUT2D eigenvalue weighted by Crippen LogP contribution is 2.29. The van der Waals surface area contributed by atoms with Crippen LogP contribution in [0.3, 0.4) is 0 Å². The van der Waals surface area contributed by atoms with E-state index in [1.54, 1.807) is 0 Å². The van der Waals surface area contributed by atoms with Crippen LogP contribution in [0.4, 0.5) is 5.69 Å². The Kier molecular flexibility index (Phi) is 6.78. The molecule has 1 amide bonds. The zero-order valence-electron chi connectivity index (χ0n) is 18.4. The number of rotatable bonds is 5. The van der Waals surface area contributed by atoms with Crippen molar-refractivity contribution >= 4 is 11.6 Å². The van der Waals surface area contributed by atoms with Crippen molar-refractivity contribution in [3.05, 3.63) is 83.2 Å². The van der Waals surface area contributed by atoms with Crippen molar-refractivity contribution in [3.63, 3.8) is 0 Å². The number of amides is 1. The van der Waals surface area contributed by atoms with Crippen LogP contribution in [0.15, 0.2) is 60.8 Å². The van der Waals surface area contributed by atoms with E-state index in [1.807, 2.05) is 36.5 Å². The molecule has 1 saturated heterocycles. The zero-order chi connectivity index (χ0) is 21.6. The van der Waals surface area contributed by atoms with Crippen LogP contribution in [0.5, 0.6) is 0 Å². The summed E-state index contributed by atoms with van der Waals surface area (Å²) in [4.78, 5) is 17.8. The number of pyridine rings is 1. The highest BCUT2D eigenvalue weighted by Gasteiger charge is 2.20. The predicted octanol–water partition coefficient (Wildman–Crippen LogP) is 5.73. The lowest BCUT2D eigenvalue weighted by molar-refractivity contribution is 0.102. The Morgan fingerprint density at radius 2 is 1.97 bits per heavy atom. The Labute approximate surface area is 185 Å². The third-order valence-corrected chi connectivity index (χ3v) is 6.19. The Morgan fingerprint density at radius 3 is 2.77 bits per heavy atom. The molecule has 4 heteroatoms. The summed E-state index contributed by atoms with van der Waals surface area (Å²) >= 11 is 0. The maximum absolute atomic E-state index is 13.2. The number of nitrogens with zero attached hydrogens (tertiary/aromatic N) is 1. The maximum Gasteiger partial charge on any atom is 0.255 e. The van der Waals surface area contributed by atoms with Gasteiger partial charge in [0.15, 0.2) is 0 Å². The molecule has 2 heterocycles. The molecule has 3 aromatic rings. The van der Waals surface area contributed by atoms with Crippen LogP contribution >= 0.6 is 0 Å². The second-order valence-corrected chi connectivity index (χ2v) is 8.37. The molecule has 1 unspecified atom stereocenters. The topological polar surface area (TPSA) is 54.0 Å². The number of anilines is 1. The van der Waals surface area contributed by atoms with E-state index in [-0.39, 0.29) is 5.91 Å². The van der Waals surface area contributed by atoms with Gasteiger partial charge in [0.05, 0.1) is 11.4 Å². The minimum atomic E-state index is -0.0951. The van der Waals surface area contributed by atoms with Crippen molar-refractivity contribution in [3.8, 4) is 11.1 Å². The van der Waals surface area contributed by atoms with Gasteiger partial charge in [0.1, 0.15) is 0 Å². The predicted molar refractivity (Wildman–Crippen MR) is 128 cm³/mol. The van der Waals surface area contributed by atoms with Gasteiger partial charge in [-0.15, -0.1) is 0 Å². The quantitative estimate of drug-likeness (QED) is 0.562. The largest absolute Gasteiger partial charge is 0.320 e. The molecule has 1 atom stereocenters. The lowest BCUT2D eigenvalue weighted by Gasteiger charge is -2.18. The van der Waals surface area contributed by atoms with Gasteiger partial charge >= 0.3 is 0 Å². The summed E-state index contributed by atoms with van der Waals surface area (Å²) in [6.07, 6.45) is 6.30. The minimum Gasteiger partial charge on any atom is -0.320 e. The van der Waals surface area contributed by atoms with Crippen LogP contribution in [-0.2, 0) is 6.42 Å². The summed E-state index contributed by atoms with van der Waals surface area (Å²) in [5, 5.41) is 6.63. The molecule has 1 aliphatic heterocycles. The average molecular weight is 414 g/mol. The minimum absolute atomic E-state index is 0.0951. The van der Waals surface area contributed by atoms with Crippen LogP contribution in [-0.4, -0.2) is 24.0 Å². The summed E-state index contributed by atoms with van der Waals surface area (Å²) < 4.78 is 0. The normalized spacial score (nSPS) is 16.5. The number of nitrogens with one attached hydrogen (secondary N) is 2. The second kappa shape index (κ2) is 9.88. The van der Waals surface area contributed by atoms with Crippen molar-refractivity contribution in [1.82, 2.24) is 10.3 Å². The van der Waals surface area contributed by atoms with Crippen molar-refractivity contribution in [2.75, 3.05) is 18.4 Å². The summed E-state index contributed by atoms with van der Waals surface area (Å²) in [5.74, 6) is 0.229. The second-order valence-electron chi connectivity index (χ2n) is 8.37. The third kappa shape index (κ3) is 5.02. The molecule has 2 N–H and O–H groups in total. The maximum atomic E-state index is 13.2. The molecule has 0 saturated carbocycles. The molecule has 0 spiro atoms. The molecule has 31 heavy (non-hydrogen) atoms. The van der Waals surface area contributed by atoms with Crippen LogP contribution in [0, 0.1) is 6.92 Å². The molecule has 4 nitrogen and oxygen atoms in total. The van der Waals surface area contributed by atoms with Gasteiger partial charge in [0.25, 0.3) is 5.91 Å². The monoisotopic (exact) mass is 413 g/mol. The van der Waals surface area contributed by atoms with Crippen LogP contribution < -0.4 is 10.6 Å². The highest BCUT2D eigenvalue weighted by atomic mass is 16.1. The van der Waals surface area contributed by atoms with E-state index in [2.05, 4.69) is 53.7 Å². The van der Waals surface area contributed by atoms with E-state index in [0.717, 1.165) is 54.0 Å². The van der Waals surface area contributed by atoms with Gasteiger partial charge in [-0.05, 0) is 79.3 Å². The molecule has 0 bridgehead atoms. The molecule has 2 aromatic carbocycles. The number of aryl methyl sites for hydroxylation is 2. The lowest BCUT2D eigenvalue weighted by atomic mass is 9.96. The molecule has 1 aliphatic rings. The van der Waals surface area contributed by atoms with Gasteiger partial charge in [-0.25, -0.2) is 0 Å². The molecule has 1 fully saturated rings. The Bertz CT molecular complexity index is 1030. The first kappa shape index (κ1) is 21.3. The van der Waals surface area contributed by atoms with Gasteiger partial charge in [-0.1, -0.05) is 43.7 Å². The van der Waals surface area contributed by atoms with E-state index in [0.29, 0.717) is 11.5 Å². The molecule has 0 radical (unpaired) electrons. The van der Waals surface area contributed by atoms with Crippen molar-refractivity contribution < 1.29 is 4.79 Å². The van der Waals surface area contributed by atoms with Crippen LogP contribution in [0.1, 0.15) is 59.3 Å². The molecular formula is C27H31N3O. The fourth-order valence-electron chi connectivity index (χ4n) is 4.29. The van der Waals surface area contributed by atoms with Gasteiger partial charge in [-0.2, -0.15) is 0 Å². The van der Waals surface area contributed by atoms with Crippen molar-refractivity contribution in [2.45, 2.75) is 45.4 Å². The van der Waals surface area contributed by atoms with Gasteiger partial charge in [0.2, 0.25) is 0 Å². The van der Waals surface area contributed by atoms with Crippen molar-refractivity contribution in [1.29, 1.82) is 0 Å². The number of carbonyl (C=O) groups is 1. The number of hydrogen-bond acceptors (Lipinski definition) is 3. The van der Waals surface area contributed by atoms with Gasteiger partial charge in [-0.3, -0.25) is 9.78 Å². The molecule has 160 valence electrons. The number of carbonyl (C=O) groups excluding carboxylic acids is 1. The van der Waals surface area contributed by atoms with Crippen LogP contribution in [0.2, 0.25) is 0 Å². The summed E-state index contributed by atoms with van der Waals surface area (Å²) in [6.45, 7) is 6.20. The average Bonchev–Trinajstić information content (AvgIpc) is 3.09. The van der Waals surface area contributed by atoms with E-state index in [4.69, 9.17) is 0 Å². The van der Waals surface area contributed by atoms with Crippen LogP contribution in [0.25, 0.3) is 11.1 Å². The molecular weight excluding hydrogens is 382 g/mol. The smallest absolute Gasteiger partial charge is 0.255 e. The zero-order valence-corrected chi connectivity index (χ0v) is 18.4. The van der Waals surface area contributed by atoms with Crippen molar-refractivity contribution in [2.24, 2.45) is 0 Å². The molecule has 1 aromatic heterocycles. The van der Waals surface area contributed by atoms with E-state index >= 15 is 0 Å². The Hall–Kier alpha value is -2.98. The summed E-state index contributed by atoms with van der Waals surface area (Å²) in [7, 11) is 0. The summed E-state index contributed by atoms with van der Waals surface area (Å²) in [5.41, 5.74) is 7.16. The summed E-state index contributed by atoms with van der Waals surface area (Å²) in [6, 6.07) is 18.4. The standard InChI is InChI=1S/C27H31N3O/c1-3-20-10-13-21(14-11-20)24-17-22(12-9-19(24)2)27(31)30-25-8-6-16-29-26(25)23-7-4-5-15-28-18-23/h6,8-14,16-17,23,28H,3-5,7,15,18H2,1-2H3,(H,30,31). The Balaban J connectivity index is 1.58. The highest BCUT2D eigenvalue weighted by molar-refractivity contribution is 6.05. The van der Waals surface area contributed by atoms with E-state index in [9.17, 15) is 4.79 Å². The van der Waals surface area contributed by atoms with Gasteiger partial charge < -0.3 is 10.6 Å². The first-order chi connectivity index (χ1) is 15.2. The number of aromatic nitrogens is 1. The number of hydrogen-bond donors (Lipinski definition) is 2.